The highest BCUT2D eigenvalue weighted by atomic mass is 127. The van der Waals surface area contributed by atoms with Gasteiger partial charge in [0.2, 0.25) is 0 Å². The van der Waals surface area contributed by atoms with Crippen molar-refractivity contribution in [1.82, 2.24) is 5.43 Å². The van der Waals surface area contributed by atoms with Gasteiger partial charge in [-0.05, 0) is 71.8 Å². The molecule has 0 aliphatic carbocycles. The molecule has 2 rings (SSSR count). The molecule has 4 nitrogen and oxygen atoms in total. The lowest BCUT2D eigenvalue weighted by atomic mass is 10.1. The second kappa shape index (κ2) is 7.11. The number of amides is 1. The summed E-state index contributed by atoms with van der Waals surface area (Å²) in [6.07, 6.45) is 1.41. The minimum absolute atomic E-state index is 0.145. The minimum Gasteiger partial charge on any atom is -0.507 e. The van der Waals surface area contributed by atoms with Crippen LogP contribution in [-0.2, 0) is 0 Å². The summed E-state index contributed by atoms with van der Waals surface area (Å²) in [5.41, 5.74) is 5.03. The Balaban J connectivity index is 2.14. The molecule has 0 aliphatic heterocycles. The monoisotopic (exact) mass is 428 g/mol. The number of rotatable bonds is 3. The van der Waals surface area contributed by atoms with Gasteiger partial charge in [0.1, 0.15) is 5.75 Å². The fourth-order valence-electron chi connectivity index (χ4n) is 1.88. The summed E-state index contributed by atoms with van der Waals surface area (Å²) >= 11 is 8.19. The molecular weight excluding hydrogens is 415 g/mol. The zero-order valence-electron chi connectivity index (χ0n) is 12.0. The van der Waals surface area contributed by atoms with Crippen molar-refractivity contribution >= 4 is 46.3 Å². The molecule has 0 unspecified atom stereocenters. The molecule has 0 saturated carbocycles. The van der Waals surface area contributed by atoms with Gasteiger partial charge in [0.05, 0.1) is 16.8 Å². The maximum absolute atomic E-state index is 12.0. The topological polar surface area (TPSA) is 61.7 Å². The van der Waals surface area contributed by atoms with Crippen LogP contribution < -0.4 is 5.43 Å². The zero-order valence-corrected chi connectivity index (χ0v) is 14.9. The number of hydrazone groups is 1. The molecule has 0 bridgehead atoms. The fraction of sp³-hybridized carbons (Fsp3) is 0.125. The van der Waals surface area contributed by atoms with Crippen LogP contribution in [0.25, 0.3) is 0 Å². The van der Waals surface area contributed by atoms with Crippen LogP contribution in [0.3, 0.4) is 0 Å². The van der Waals surface area contributed by atoms with E-state index in [-0.39, 0.29) is 5.75 Å². The normalized spacial score (nSPS) is 10.9. The number of carbonyl (C=O) groups excluding carboxylic acids is 1. The van der Waals surface area contributed by atoms with E-state index >= 15 is 0 Å². The van der Waals surface area contributed by atoms with E-state index in [9.17, 15) is 9.90 Å². The molecule has 2 aromatic carbocycles. The first-order valence-electron chi connectivity index (χ1n) is 6.47. The van der Waals surface area contributed by atoms with Gasteiger partial charge in [-0.3, -0.25) is 4.79 Å². The Morgan fingerprint density at radius 2 is 2.05 bits per heavy atom. The predicted octanol–water partition coefficient (Wildman–Crippen LogP) is 4.03. The molecule has 0 saturated heterocycles. The quantitative estimate of drug-likeness (QED) is 0.440. The summed E-state index contributed by atoms with van der Waals surface area (Å²) in [4.78, 5) is 12.0. The highest BCUT2D eigenvalue weighted by Crippen LogP contribution is 2.23. The molecule has 2 aromatic rings. The average Bonchev–Trinajstić information content (AvgIpc) is 2.43. The Kier molecular flexibility index (Phi) is 5.42. The van der Waals surface area contributed by atoms with Gasteiger partial charge in [-0.2, -0.15) is 5.10 Å². The molecule has 0 aromatic heterocycles. The number of nitrogens with zero attached hydrogens (tertiary/aromatic N) is 1. The second-order valence-electron chi connectivity index (χ2n) is 4.84. The molecule has 22 heavy (non-hydrogen) atoms. The highest BCUT2D eigenvalue weighted by molar-refractivity contribution is 14.1. The Morgan fingerprint density at radius 3 is 2.73 bits per heavy atom. The van der Waals surface area contributed by atoms with Crippen LogP contribution in [0.4, 0.5) is 0 Å². The third-order valence-corrected chi connectivity index (χ3v) is 3.97. The van der Waals surface area contributed by atoms with Crippen molar-refractivity contribution in [2.75, 3.05) is 0 Å². The lowest BCUT2D eigenvalue weighted by Crippen LogP contribution is -2.18. The third kappa shape index (κ3) is 3.98. The minimum atomic E-state index is -0.400. The van der Waals surface area contributed by atoms with Gasteiger partial charge < -0.3 is 5.11 Å². The van der Waals surface area contributed by atoms with Crippen molar-refractivity contribution in [3.8, 4) is 5.75 Å². The van der Waals surface area contributed by atoms with Gasteiger partial charge in [-0.25, -0.2) is 5.43 Å². The molecular formula is C16H14ClIN2O2. The van der Waals surface area contributed by atoms with E-state index in [1.807, 2.05) is 13.0 Å². The van der Waals surface area contributed by atoms with Crippen LogP contribution in [0.15, 0.2) is 35.4 Å². The highest BCUT2D eigenvalue weighted by Gasteiger charge is 2.09. The van der Waals surface area contributed by atoms with Crippen molar-refractivity contribution in [1.29, 1.82) is 0 Å². The SMILES string of the molecule is Cc1ccc(C(=O)N/N=C/c2cc(I)cc(C)c2O)c(Cl)c1. The van der Waals surface area contributed by atoms with Crippen LogP contribution in [0.5, 0.6) is 5.75 Å². The number of nitrogens with one attached hydrogen (secondary N) is 1. The van der Waals surface area contributed by atoms with Crippen molar-refractivity contribution in [2.45, 2.75) is 13.8 Å². The van der Waals surface area contributed by atoms with Crippen molar-refractivity contribution in [2.24, 2.45) is 5.10 Å². The van der Waals surface area contributed by atoms with Gasteiger partial charge in [-0.15, -0.1) is 0 Å². The Hall–Kier alpha value is -1.60. The molecule has 6 heteroatoms. The van der Waals surface area contributed by atoms with E-state index in [2.05, 4.69) is 33.1 Å². The number of phenolic OH excluding ortho intramolecular Hbond substituents is 1. The lowest BCUT2D eigenvalue weighted by Gasteiger charge is -2.05. The largest absolute Gasteiger partial charge is 0.507 e. The summed E-state index contributed by atoms with van der Waals surface area (Å²) in [6, 6.07) is 8.80. The molecule has 114 valence electrons. The molecule has 0 fully saturated rings. The van der Waals surface area contributed by atoms with Gasteiger partial charge in [0, 0.05) is 9.13 Å². The Labute approximate surface area is 147 Å². The van der Waals surface area contributed by atoms with E-state index in [4.69, 9.17) is 11.6 Å². The number of hydrogen-bond donors (Lipinski definition) is 2. The first kappa shape index (κ1) is 16.8. The standard InChI is InChI=1S/C16H14ClIN2O2/c1-9-3-4-13(14(17)5-9)16(22)20-19-8-11-7-12(18)6-10(2)15(11)21/h3-8,21H,1-2H3,(H,20,22)/b19-8+. The van der Waals surface area contributed by atoms with Crippen LogP contribution in [0, 0.1) is 17.4 Å². The van der Waals surface area contributed by atoms with Gasteiger partial charge in [0.25, 0.3) is 5.91 Å². The van der Waals surface area contributed by atoms with E-state index in [1.54, 1.807) is 31.2 Å². The number of carbonyl (C=O) groups is 1. The van der Waals surface area contributed by atoms with Gasteiger partial charge in [0.15, 0.2) is 0 Å². The molecule has 0 spiro atoms. The Morgan fingerprint density at radius 1 is 1.32 bits per heavy atom. The van der Waals surface area contributed by atoms with E-state index in [1.165, 1.54) is 6.21 Å². The number of halogens is 2. The van der Waals surface area contributed by atoms with Crippen LogP contribution in [-0.4, -0.2) is 17.2 Å². The van der Waals surface area contributed by atoms with Crippen LogP contribution in [0.2, 0.25) is 5.02 Å². The fourth-order valence-corrected chi connectivity index (χ4v) is 3.01. The summed E-state index contributed by atoms with van der Waals surface area (Å²) in [7, 11) is 0. The third-order valence-electron chi connectivity index (χ3n) is 3.03. The van der Waals surface area contributed by atoms with Crippen LogP contribution in [0.1, 0.15) is 27.0 Å². The van der Waals surface area contributed by atoms with Gasteiger partial charge in [-0.1, -0.05) is 17.7 Å². The lowest BCUT2D eigenvalue weighted by molar-refractivity contribution is 0.0955. The number of hydrogen-bond acceptors (Lipinski definition) is 3. The molecule has 0 heterocycles. The number of benzene rings is 2. The van der Waals surface area contributed by atoms with E-state index in [0.29, 0.717) is 16.1 Å². The smallest absolute Gasteiger partial charge is 0.272 e. The van der Waals surface area contributed by atoms with Crippen molar-refractivity contribution < 1.29 is 9.90 Å². The molecule has 2 N–H and O–H groups in total. The molecule has 0 atom stereocenters. The average molecular weight is 429 g/mol. The zero-order chi connectivity index (χ0) is 16.3. The first-order chi connectivity index (χ1) is 10.4. The summed E-state index contributed by atoms with van der Waals surface area (Å²) < 4.78 is 0.974. The molecule has 0 aliphatic rings. The van der Waals surface area contributed by atoms with Gasteiger partial charge >= 0.3 is 0 Å². The predicted molar refractivity (Wildman–Crippen MR) is 96.8 cm³/mol. The Bertz CT molecular complexity index is 760. The maximum atomic E-state index is 12.0. The van der Waals surface area contributed by atoms with Crippen molar-refractivity contribution in [3.63, 3.8) is 0 Å². The second-order valence-corrected chi connectivity index (χ2v) is 6.50. The van der Waals surface area contributed by atoms with E-state index in [0.717, 1.165) is 14.7 Å². The number of aromatic hydroxyl groups is 1. The van der Waals surface area contributed by atoms with E-state index < -0.39 is 5.91 Å². The first-order valence-corrected chi connectivity index (χ1v) is 7.93. The van der Waals surface area contributed by atoms with Crippen LogP contribution >= 0.6 is 34.2 Å². The van der Waals surface area contributed by atoms with Crippen molar-refractivity contribution in [3.05, 3.63) is 61.2 Å². The number of phenols is 1. The molecule has 0 radical (unpaired) electrons. The maximum Gasteiger partial charge on any atom is 0.272 e. The number of aryl methyl sites for hydroxylation is 2. The summed E-state index contributed by atoms with van der Waals surface area (Å²) in [5.74, 6) is -0.255. The summed E-state index contributed by atoms with van der Waals surface area (Å²) in [6.45, 7) is 3.70. The molecule has 1 amide bonds. The summed E-state index contributed by atoms with van der Waals surface area (Å²) in [5, 5.41) is 14.2.